The Morgan fingerprint density at radius 3 is 2.26 bits per heavy atom. The molecule has 4 rings (SSSR count). The van der Waals surface area contributed by atoms with E-state index in [0.717, 1.165) is 11.0 Å². The van der Waals surface area contributed by atoms with E-state index in [9.17, 15) is 52.1 Å². The maximum absolute atomic E-state index is 12.1. The first-order chi connectivity index (χ1) is 21.3. The smallest absolute Gasteiger partial charge is 0.374 e. The molecule has 0 bridgehead atoms. The van der Waals surface area contributed by atoms with Gasteiger partial charge in [0.2, 0.25) is 11.5 Å². The number of allylic oxidation sites excluding steroid dienone is 2. The number of ether oxygens (including phenoxy) is 2. The third kappa shape index (κ3) is 8.67. The highest BCUT2D eigenvalue weighted by Gasteiger charge is 2.35. The van der Waals surface area contributed by atoms with E-state index in [1.54, 1.807) is 0 Å². The van der Waals surface area contributed by atoms with E-state index in [2.05, 4.69) is 0 Å². The summed E-state index contributed by atoms with van der Waals surface area (Å²) >= 11 is 0. The lowest BCUT2D eigenvalue weighted by atomic mass is 10.2. The second-order valence-corrected chi connectivity index (χ2v) is 15.4. The number of hydrogen-bond donors (Lipinski definition) is 3. The predicted octanol–water partition coefficient (Wildman–Crippen LogP) is 0.716. The van der Waals surface area contributed by atoms with Gasteiger partial charge in [-0.2, -0.15) is 29.8 Å². The minimum Gasteiger partial charge on any atom is -0.748 e. The van der Waals surface area contributed by atoms with E-state index in [4.69, 9.17) is 18.4 Å². The lowest BCUT2D eigenvalue weighted by Crippen LogP contribution is -2.36. The van der Waals surface area contributed by atoms with Crippen LogP contribution in [0.4, 0.5) is 5.69 Å². The first kappa shape index (κ1) is 35.0. The number of nitrogens with zero attached hydrogens (tertiary/aromatic N) is 2. The quantitative estimate of drug-likeness (QED) is 0.117. The van der Waals surface area contributed by atoms with Crippen molar-refractivity contribution in [1.29, 1.82) is 0 Å². The van der Waals surface area contributed by atoms with Gasteiger partial charge in [-0.05, 0) is 42.8 Å². The molecule has 1 aliphatic rings. The molecule has 0 saturated heterocycles. The molecule has 46 heavy (non-hydrogen) atoms. The van der Waals surface area contributed by atoms with Gasteiger partial charge in [0, 0.05) is 18.7 Å². The first-order valence-corrected chi connectivity index (χ1v) is 18.8. The number of anilines is 1. The molecule has 2 heterocycles. The third-order valence-corrected chi connectivity index (χ3v) is 9.56. The van der Waals surface area contributed by atoms with Crippen molar-refractivity contribution in [2.24, 2.45) is 0 Å². The Hall–Kier alpha value is -3.90. The van der Waals surface area contributed by atoms with Crippen LogP contribution in [0.3, 0.4) is 0 Å². The molecule has 1 aliphatic heterocycles. The molecule has 2 aromatic carbocycles. The number of carbonyl (C=O) groups is 1. The van der Waals surface area contributed by atoms with Gasteiger partial charge in [-0.25, -0.2) is 8.42 Å². The zero-order chi connectivity index (χ0) is 34.1. The summed E-state index contributed by atoms with van der Waals surface area (Å²) in [4.78, 5) is 9.97. The van der Waals surface area contributed by atoms with Crippen molar-refractivity contribution in [3.63, 3.8) is 0 Å². The molecule has 0 atom stereocenters. The van der Waals surface area contributed by atoms with Crippen LogP contribution in [-0.2, 0) is 51.8 Å². The molecule has 22 heteroatoms. The third-order valence-electron chi connectivity index (χ3n) is 6.27. The highest BCUT2D eigenvalue weighted by Crippen LogP contribution is 2.45. The van der Waals surface area contributed by atoms with Crippen LogP contribution >= 0.6 is 0 Å². The minimum absolute atomic E-state index is 0.0465. The van der Waals surface area contributed by atoms with Crippen molar-refractivity contribution in [3.05, 3.63) is 54.3 Å². The summed E-state index contributed by atoms with van der Waals surface area (Å²) < 4.78 is 150. The summed E-state index contributed by atoms with van der Waals surface area (Å²) in [6.07, 6.45) is 3.46. The standard InChI is InChI=1S/C24H24N2O16S4/c27-15-40-16-6-7-20-18(12-16)25(8-2-10-43(28,29)30)22(41-20)4-1-5-23-26(9-3-11-44(31,32)33)19-13-17(45(34,35)36)14-21(24(19)42-23)46(37,38)39/h1,4-7,12-15H,2-3,8-11H2,(H3-,28,29,30,31,32,33,34,35,36,37,38,39). The van der Waals surface area contributed by atoms with Crippen LogP contribution in [-0.4, -0.2) is 76.4 Å². The maximum Gasteiger partial charge on any atom is 0.374 e. The fourth-order valence-corrected chi connectivity index (χ4v) is 6.66. The lowest BCUT2D eigenvalue weighted by Gasteiger charge is -2.18. The molecule has 0 fully saturated rings. The topological polar surface area (TPSA) is 276 Å². The fourth-order valence-electron chi connectivity index (χ4n) is 4.42. The average Bonchev–Trinajstić information content (AvgIpc) is 3.43. The van der Waals surface area contributed by atoms with Gasteiger partial charge in [0.25, 0.3) is 42.3 Å². The summed E-state index contributed by atoms with van der Waals surface area (Å²) in [6.45, 7) is -0.161. The van der Waals surface area contributed by atoms with Crippen LogP contribution in [0.1, 0.15) is 18.7 Å². The van der Waals surface area contributed by atoms with Gasteiger partial charge in [0.05, 0.1) is 38.6 Å². The average molecular weight is 725 g/mol. The van der Waals surface area contributed by atoms with Crippen LogP contribution in [0.2, 0.25) is 0 Å². The summed E-state index contributed by atoms with van der Waals surface area (Å²) in [7, 11) is -19.1. The molecule has 3 aromatic rings. The summed E-state index contributed by atoms with van der Waals surface area (Å²) in [5.74, 6) is -2.01. The lowest BCUT2D eigenvalue weighted by molar-refractivity contribution is -0.677. The Morgan fingerprint density at radius 2 is 1.65 bits per heavy atom. The fraction of sp³-hybridized carbons (Fsp3) is 0.250. The van der Waals surface area contributed by atoms with Crippen molar-refractivity contribution in [2.75, 3.05) is 23.0 Å². The van der Waals surface area contributed by atoms with Crippen LogP contribution in [0.5, 0.6) is 11.5 Å². The number of fused-ring (bicyclic) bond motifs is 2. The van der Waals surface area contributed by atoms with Crippen molar-refractivity contribution in [3.8, 4) is 11.5 Å². The predicted molar refractivity (Wildman–Crippen MR) is 154 cm³/mol. The molecule has 0 radical (unpaired) electrons. The molecular formula is C24H24N2O16S4. The van der Waals surface area contributed by atoms with E-state index in [-0.39, 0.29) is 61.2 Å². The summed E-state index contributed by atoms with van der Waals surface area (Å²) in [5.41, 5.74) is 0.322. The highest BCUT2D eigenvalue weighted by atomic mass is 32.2. The zero-order valence-electron chi connectivity index (χ0n) is 23.1. The zero-order valence-corrected chi connectivity index (χ0v) is 26.4. The van der Waals surface area contributed by atoms with Crippen molar-refractivity contribution >= 4 is 69.8 Å². The molecule has 0 spiro atoms. The molecular weight excluding hydrogens is 701 g/mol. The molecule has 0 aliphatic carbocycles. The molecule has 18 nitrogen and oxygen atoms in total. The number of oxazole rings is 1. The Morgan fingerprint density at radius 1 is 0.935 bits per heavy atom. The van der Waals surface area contributed by atoms with Gasteiger partial charge in [0.1, 0.15) is 10.6 Å². The van der Waals surface area contributed by atoms with Crippen molar-refractivity contribution in [2.45, 2.75) is 29.2 Å². The van der Waals surface area contributed by atoms with Gasteiger partial charge >= 0.3 is 5.89 Å². The largest absolute Gasteiger partial charge is 0.748 e. The second kappa shape index (κ2) is 13.1. The Balaban J connectivity index is 1.79. The van der Waals surface area contributed by atoms with Crippen molar-refractivity contribution in [1.82, 2.24) is 0 Å². The number of benzene rings is 2. The molecule has 0 unspecified atom stereocenters. The van der Waals surface area contributed by atoms with Gasteiger partial charge in [-0.1, -0.05) is 0 Å². The number of carbonyl (C=O) groups excluding carboxylic acids is 1. The first-order valence-electron chi connectivity index (χ1n) is 12.7. The van der Waals surface area contributed by atoms with Crippen LogP contribution < -0.4 is 18.9 Å². The van der Waals surface area contributed by atoms with E-state index in [0.29, 0.717) is 11.6 Å². The highest BCUT2D eigenvalue weighted by molar-refractivity contribution is 7.87. The van der Waals surface area contributed by atoms with Gasteiger partial charge in [0.15, 0.2) is 12.3 Å². The number of rotatable bonds is 14. The monoisotopic (exact) mass is 724 g/mol. The van der Waals surface area contributed by atoms with Crippen LogP contribution in [0.15, 0.2) is 62.6 Å². The Kier molecular flexibility index (Phi) is 9.94. The van der Waals surface area contributed by atoms with Gasteiger partial charge in [-0.3, -0.25) is 18.5 Å². The summed E-state index contributed by atoms with van der Waals surface area (Å²) in [6, 6.07) is 5.59. The second-order valence-electron chi connectivity index (χ2n) is 9.53. The maximum atomic E-state index is 12.1. The normalized spacial score (nSPS) is 15.0. The Labute approximate surface area is 262 Å². The molecule has 250 valence electrons. The SMILES string of the molecule is O=COc1ccc2oc(/C=C/C=C3\Oc4c(cc(S(=O)(=O)O)cc4S(=O)(=O)O)N3CCCS(=O)(=O)O)[n+](CCCS(=O)(=O)[O-])c2c1. The number of hydrogen-bond acceptors (Lipinski definition) is 14. The van der Waals surface area contributed by atoms with Crippen molar-refractivity contribution < 1.29 is 75.1 Å². The number of aromatic nitrogens is 1. The molecule has 3 N–H and O–H groups in total. The van der Waals surface area contributed by atoms with E-state index < -0.39 is 67.5 Å². The molecule has 0 saturated carbocycles. The van der Waals surface area contributed by atoms with Crippen LogP contribution in [0, 0.1) is 0 Å². The Bertz CT molecular complexity index is 2190. The van der Waals surface area contributed by atoms with E-state index >= 15 is 0 Å². The molecule has 0 amide bonds. The van der Waals surface area contributed by atoms with Crippen LogP contribution in [0.25, 0.3) is 17.2 Å². The summed E-state index contributed by atoms with van der Waals surface area (Å²) in [5, 5.41) is 0. The van der Waals surface area contributed by atoms with E-state index in [1.807, 2.05) is 0 Å². The van der Waals surface area contributed by atoms with Gasteiger partial charge < -0.3 is 23.3 Å². The van der Waals surface area contributed by atoms with Gasteiger partial charge in [-0.15, -0.1) is 0 Å². The van der Waals surface area contributed by atoms with E-state index in [1.165, 1.54) is 41.0 Å². The minimum atomic E-state index is -5.14. The molecule has 1 aromatic heterocycles. The number of aryl methyl sites for hydroxylation is 1.